The molecule has 0 aliphatic rings. The van der Waals surface area contributed by atoms with Crippen LogP contribution in [-0.2, 0) is 0 Å². The highest BCUT2D eigenvalue weighted by atomic mass is 14.1. The van der Waals surface area contributed by atoms with Gasteiger partial charge in [-0.25, -0.2) is 0 Å². The van der Waals surface area contributed by atoms with E-state index in [9.17, 15) is 0 Å². The lowest BCUT2D eigenvalue weighted by Gasteiger charge is -2.10. The van der Waals surface area contributed by atoms with Crippen LogP contribution in [0.1, 0.15) is 72.6 Å². The first-order valence-electron chi connectivity index (χ1n) is 6.24. The van der Waals surface area contributed by atoms with Gasteiger partial charge in [0.25, 0.3) is 0 Å². The Hall–Kier alpha value is -0.260. The molecule has 0 nitrogen and oxygen atoms in total. The molecule has 0 bridgehead atoms. The number of hydrogen-bond acceptors (Lipinski definition) is 0. The number of unbranched alkanes of at least 4 members (excludes halogenated alkanes) is 6. The Bertz CT molecular complexity index is 137. The molecule has 0 aliphatic carbocycles. The molecule has 0 aromatic heterocycles. The summed E-state index contributed by atoms with van der Waals surface area (Å²) in [5.41, 5.74) is 0.363. The molecular weight excluding hydrogens is 168 g/mol. The lowest BCUT2D eigenvalue weighted by Crippen LogP contribution is -1.97. The molecule has 84 valence electrons. The summed E-state index contributed by atoms with van der Waals surface area (Å²) in [4.78, 5) is 0. The molecular formula is C14H28. The molecule has 0 amide bonds. The summed E-state index contributed by atoms with van der Waals surface area (Å²) in [6, 6.07) is 0. The van der Waals surface area contributed by atoms with Crippen LogP contribution in [0.15, 0.2) is 12.2 Å². The highest BCUT2D eigenvalue weighted by Gasteiger charge is 2.02. The van der Waals surface area contributed by atoms with Gasteiger partial charge in [0.1, 0.15) is 0 Å². The zero-order valence-corrected chi connectivity index (χ0v) is 10.6. The molecule has 0 fully saturated rings. The van der Waals surface area contributed by atoms with E-state index in [2.05, 4.69) is 39.8 Å². The van der Waals surface area contributed by atoms with Crippen LogP contribution in [0, 0.1) is 5.41 Å². The first kappa shape index (κ1) is 13.7. The van der Waals surface area contributed by atoms with E-state index in [1.165, 1.54) is 44.9 Å². The topological polar surface area (TPSA) is 0 Å². The SMILES string of the molecule is CCCCCCCCC=CC(C)(C)C. The third kappa shape index (κ3) is 11.7. The van der Waals surface area contributed by atoms with E-state index in [0.717, 1.165) is 0 Å². The molecule has 0 unspecified atom stereocenters. The van der Waals surface area contributed by atoms with Gasteiger partial charge < -0.3 is 0 Å². The van der Waals surface area contributed by atoms with Gasteiger partial charge in [0, 0.05) is 0 Å². The fourth-order valence-electron chi connectivity index (χ4n) is 1.48. The number of hydrogen-bond donors (Lipinski definition) is 0. The van der Waals surface area contributed by atoms with Crippen molar-refractivity contribution in [2.45, 2.75) is 72.6 Å². The fraction of sp³-hybridized carbons (Fsp3) is 0.857. The molecule has 0 atom stereocenters. The summed E-state index contributed by atoms with van der Waals surface area (Å²) < 4.78 is 0. The van der Waals surface area contributed by atoms with Crippen molar-refractivity contribution in [1.82, 2.24) is 0 Å². The molecule has 0 rings (SSSR count). The summed E-state index contributed by atoms with van der Waals surface area (Å²) in [7, 11) is 0. The second-order valence-electron chi connectivity index (χ2n) is 5.32. The van der Waals surface area contributed by atoms with Gasteiger partial charge in [0.15, 0.2) is 0 Å². The molecule has 0 spiro atoms. The van der Waals surface area contributed by atoms with Crippen LogP contribution in [-0.4, -0.2) is 0 Å². The first-order chi connectivity index (χ1) is 6.56. The molecule has 0 aliphatic heterocycles. The van der Waals surface area contributed by atoms with Gasteiger partial charge in [-0.05, 0) is 18.3 Å². The van der Waals surface area contributed by atoms with E-state index >= 15 is 0 Å². The van der Waals surface area contributed by atoms with Crippen molar-refractivity contribution >= 4 is 0 Å². The quantitative estimate of drug-likeness (QED) is 0.381. The van der Waals surface area contributed by atoms with Crippen molar-refractivity contribution in [2.75, 3.05) is 0 Å². The van der Waals surface area contributed by atoms with Gasteiger partial charge in [-0.3, -0.25) is 0 Å². The zero-order valence-electron chi connectivity index (χ0n) is 10.6. The van der Waals surface area contributed by atoms with Gasteiger partial charge in [0.2, 0.25) is 0 Å². The van der Waals surface area contributed by atoms with Crippen LogP contribution in [0.4, 0.5) is 0 Å². The largest absolute Gasteiger partial charge is 0.0880 e. The van der Waals surface area contributed by atoms with Gasteiger partial charge in [-0.2, -0.15) is 0 Å². The minimum Gasteiger partial charge on any atom is -0.0880 e. The molecule has 0 N–H and O–H groups in total. The fourth-order valence-corrected chi connectivity index (χ4v) is 1.48. The average molecular weight is 196 g/mol. The molecule has 0 saturated heterocycles. The summed E-state index contributed by atoms with van der Waals surface area (Å²) in [6.45, 7) is 9.03. The minimum atomic E-state index is 0.363. The minimum absolute atomic E-state index is 0.363. The van der Waals surface area contributed by atoms with Crippen LogP contribution in [0.5, 0.6) is 0 Å². The Kier molecular flexibility index (Phi) is 7.93. The second-order valence-corrected chi connectivity index (χ2v) is 5.32. The molecule has 0 aromatic rings. The number of rotatable bonds is 7. The summed E-state index contributed by atoms with van der Waals surface area (Å²) in [5, 5.41) is 0. The molecule has 0 saturated carbocycles. The van der Waals surface area contributed by atoms with E-state index in [1.54, 1.807) is 0 Å². The van der Waals surface area contributed by atoms with Crippen molar-refractivity contribution in [3.05, 3.63) is 12.2 Å². The third-order valence-electron chi connectivity index (χ3n) is 2.34. The Morgan fingerprint density at radius 3 is 2.00 bits per heavy atom. The molecule has 0 aromatic carbocycles. The maximum absolute atomic E-state index is 2.35. The second kappa shape index (κ2) is 8.08. The Labute approximate surface area is 90.8 Å². The van der Waals surface area contributed by atoms with E-state index in [1.807, 2.05) is 0 Å². The van der Waals surface area contributed by atoms with E-state index < -0.39 is 0 Å². The van der Waals surface area contributed by atoms with Crippen LogP contribution < -0.4 is 0 Å². The third-order valence-corrected chi connectivity index (χ3v) is 2.34. The maximum Gasteiger partial charge on any atom is -0.0203 e. The zero-order chi connectivity index (χ0) is 10.9. The smallest absolute Gasteiger partial charge is 0.0203 e. The first-order valence-corrected chi connectivity index (χ1v) is 6.24. The van der Waals surface area contributed by atoms with E-state index in [4.69, 9.17) is 0 Å². The van der Waals surface area contributed by atoms with Crippen molar-refractivity contribution in [1.29, 1.82) is 0 Å². The van der Waals surface area contributed by atoms with Crippen LogP contribution >= 0.6 is 0 Å². The van der Waals surface area contributed by atoms with Gasteiger partial charge in [-0.15, -0.1) is 0 Å². The van der Waals surface area contributed by atoms with Crippen molar-refractivity contribution in [3.8, 4) is 0 Å². The monoisotopic (exact) mass is 196 g/mol. The Balaban J connectivity index is 3.17. The molecule has 0 heteroatoms. The van der Waals surface area contributed by atoms with Gasteiger partial charge in [-0.1, -0.05) is 72.0 Å². The highest BCUT2D eigenvalue weighted by Crippen LogP contribution is 2.15. The molecule has 0 radical (unpaired) electrons. The number of allylic oxidation sites excluding steroid dienone is 2. The van der Waals surface area contributed by atoms with E-state index in [0.29, 0.717) is 5.41 Å². The van der Waals surface area contributed by atoms with Crippen LogP contribution in [0.3, 0.4) is 0 Å². The van der Waals surface area contributed by atoms with Gasteiger partial charge in [0.05, 0.1) is 0 Å². The predicted molar refractivity (Wildman–Crippen MR) is 66.6 cm³/mol. The Morgan fingerprint density at radius 1 is 0.857 bits per heavy atom. The van der Waals surface area contributed by atoms with Crippen molar-refractivity contribution in [2.24, 2.45) is 5.41 Å². The predicted octanol–water partition coefficient (Wildman–Crippen LogP) is 5.34. The lowest BCUT2D eigenvalue weighted by atomic mass is 9.95. The van der Waals surface area contributed by atoms with Gasteiger partial charge >= 0.3 is 0 Å². The van der Waals surface area contributed by atoms with Crippen molar-refractivity contribution in [3.63, 3.8) is 0 Å². The maximum atomic E-state index is 2.35. The Morgan fingerprint density at radius 2 is 1.43 bits per heavy atom. The van der Waals surface area contributed by atoms with Crippen LogP contribution in [0.25, 0.3) is 0 Å². The lowest BCUT2D eigenvalue weighted by molar-refractivity contribution is 0.540. The standard InChI is InChI=1S/C14H28/c1-5-6-7-8-9-10-11-12-13-14(2,3)4/h12-13H,5-11H2,1-4H3. The normalized spacial score (nSPS) is 12.6. The molecule has 14 heavy (non-hydrogen) atoms. The molecule has 0 heterocycles. The average Bonchev–Trinajstić information content (AvgIpc) is 2.08. The van der Waals surface area contributed by atoms with Crippen LogP contribution in [0.2, 0.25) is 0 Å². The summed E-state index contributed by atoms with van der Waals surface area (Å²) >= 11 is 0. The van der Waals surface area contributed by atoms with E-state index in [-0.39, 0.29) is 0 Å². The van der Waals surface area contributed by atoms with Crippen molar-refractivity contribution < 1.29 is 0 Å². The summed E-state index contributed by atoms with van der Waals surface area (Å²) in [6.07, 6.45) is 14.4. The summed E-state index contributed by atoms with van der Waals surface area (Å²) in [5.74, 6) is 0. The highest BCUT2D eigenvalue weighted by molar-refractivity contribution is 4.91.